The van der Waals surface area contributed by atoms with Crippen molar-refractivity contribution in [3.8, 4) is 11.4 Å². The van der Waals surface area contributed by atoms with Gasteiger partial charge in [-0.3, -0.25) is 0 Å². The number of nitrogens with one attached hydrogen (secondary N) is 1. The van der Waals surface area contributed by atoms with E-state index in [1.165, 1.54) is 12.1 Å². The Morgan fingerprint density at radius 1 is 1.09 bits per heavy atom. The van der Waals surface area contributed by atoms with Gasteiger partial charge in [-0.05, 0) is 24.3 Å². The van der Waals surface area contributed by atoms with Gasteiger partial charge in [-0.25, -0.2) is 13.1 Å². The Labute approximate surface area is 141 Å². The van der Waals surface area contributed by atoms with Crippen LogP contribution in [0.2, 0.25) is 0 Å². The van der Waals surface area contributed by atoms with Gasteiger partial charge in [-0.1, -0.05) is 51.4 Å². The summed E-state index contributed by atoms with van der Waals surface area (Å²) in [6.45, 7) is -0.0712. The summed E-state index contributed by atoms with van der Waals surface area (Å²) in [5, 5.41) is 3.86. The zero-order valence-corrected chi connectivity index (χ0v) is 14.2. The molecule has 0 aliphatic rings. The van der Waals surface area contributed by atoms with Crippen LogP contribution in [0.1, 0.15) is 5.89 Å². The molecule has 1 aromatic heterocycles. The van der Waals surface area contributed by atoms with Crippen molar-refractivity contribution in [3.05, 3.63) is 65.0 Å². The number of hydrogen-bond donors (Lipinski definition) is 1. The topological polar surface area (TPSA) is 85.1 Å². The normalized spacial score (nSPS) is 11.5. The third-order valence-corrected chi connectivity index (χ3v) is 4.93. The monoisotopic (exact) mass is 393 g/mol. The fourth-order valence-corrected chi connectivity index (χ4v) is 3.31. The lowest BCUT2D eigenvalue weighted by molar-refractivity contribution is 0.376. The van der Waals surface area contributed by atoms with Crippen LogP contribution in [0.3, 0.4) is 0 Å². The van der Waals surface area contributed by atoms with Gasteiger partial charge >= 0.3 is 0 Å². The first-order valence-electron chi connectivity index (χ1n) is 6.68. The van der Waals surface area contributed by atoms with Crippen molar-refractivity contribution < 1.29 is 12.9 Å². The molecule has 1 N–H and O–H groups in total. The predicted octanol–water partition coefficient (Wildman–Crippen LogP) is 2.98. The van der Waals surface area contributed by atoms with E-state index in [-0.39, 0.29) is 17.3 Å². The second-order valence-electron chi connectivity index (χ2n) is 4.66. The number of nitrogens with zero attached hydrogens (tertiary/aromatic N) is 2. The van der Waals surface area contributed by atoms with Crippen LogP contribution in [-0.2, 0) is 16.6 Å². The molecule has 0 aliphatic heterocycles. The van der Waals surface area contributed by atoms with Gasteiger partial charge in [0.15, 0.2) is 0 Å². The van der Waals surface area contributed by atoms with Gasteiger partial charge < -0.3 is 4.52 Å². The van der Waals surface area contributed by atoms with E-state index in [1.54, 1.807) is 18.2 Å². The van der Waals surface area contributed by atoms with Crippen LogP contribution >= 0.6 is 15.9 Å². The van der Waals surface area contributed by atoms with Gasteiger partial charge in [-0.15, -0.1) is 0 Å². The molecular weight excluding hydrogens is 382 g/mol. The van der Waals surface area contributed by atoms with Gasteiger partial charge in [0.1, 0.15) is 0 Å². The first-order valence-corrected chi connectivity index (χ1v) is 8.95. The quantitative estimate of drug-likeness (QED) is 0.719. The largest absolute Gasteiger partial charge is 0.338 e. The van der Waals surface area contributed by atoms with Crippen LogP contribution in [0.25, 0.3) is 11.4 Å². The Balaban J connectivity index is 1.73. The van der Waals surface area contributed by atoms with Gasteiger partial charge in [-0.2, -0.15) is 4.98 Å². The minimum absolute atomic E-state index is 0.0712. The van der Waals surface area contributed by atoms with Crippen LogP contribution in [0, 0.1) is 0 Å². The molecule has 0 unspecified atom stereocenters. The highest BCUT2D eigenvalue weighted by atomic mass is 79.9. The van der Waals surface area contributed by atoms with E-state index in [4.69, 9.17) is 4.52 Å². The van der Waals surface area contributed by atoms with Crippen molar-refractivity contribution in [1.82, 2.24) is 14.9 Å². The molecule has 6 nitrogen and oxygen atoms in total. The van der Waals surface area contributed by atoms with Gasteiger partial charge in [0, 0.05) is 10.0 Å². The third kappa shape index (κ3) is 3.84. The van der Waals surface area contributed by atoms with E-state index in [9.17, 15) is 8.42 Å². The number of benzene rings is 2. The smallest absolute Gasteiger partial charge is 0.242 e. The lowest BCUT2D eigenvalue weighted by Gasteiger charge is -2.03. The van der Waals surface area contributed by atoms with Crippen LogP contribution < -0.4 is 4.72 Å². The molecule has 2 aromatic carbocycles. The number of aromatic nitrogens is 2. The Hall–Kier alpha value is -2.03. The molecule has 0 aliphatic carbocycles. The van der Waals surface area contributed by atoms with E-state index in [0.717, 1.165) is 10.0 Å². The number of hydrogen-bond acceptors (Lipinski definition) is 5. The van der Waals surface area contributed by atoms with Crippen molar-refractivity contribution in [2.45, 2.75) is 11.4 Å². The Bertz CT molecular complexity index is 910. The lowest BCUT2D eigenvalue weighted by Crippen LogP contribution is -2.23. The summed E-state index contributed by atoms with van der Waals surface area (Å²) < 4.78 is 32.7. The molecule has 3 rings (SSSR count). The summed E-state index contributed by atoms with van der Waals surface area (Å²) in [5.41, 5.74) is 0.778. The summed E-state index contributed by atoms with van der Waals surface area (Å²) >= 11 is 3.37. The van der Waals surface area contributed by atoms with Crippen LogP contribution in [0.5, 0.6) is 0 Å². The summed E-state index contributed by atoms with van der Waals surface area (Å²) in [6, 6.07) is 15.5. The molecule has 0 amide bonds. The van der Waals surface area contributed by atoms with E-state index in [0.29, 0.717) is 5.82 Å². The summed E-state index contributed by atoms with van der Waals surface area (Å²) in [5.74, 6) is 0.597. The second kappa shape index (κ2) is 6.61. The molecule has 8 heteroatoms. The highest BCUT2D eigenvalue weighted by Gasteiger charge is 2.15. The summed E-state index contributed by atoms with van der Waals surface area (Å²) in [4.78, 5) is 4.38. The molecule has 0 saturated carbocycles. The van der Waals surface area contributed by atoms with Gasteiger partial charge in [0.05, 0.1) is 11.4 Å². The zero-order valence-electron chi connectivity index (χ0n) is 11.8. The highest BCUT2D eigenvalue weighted by molar-refractivity contribution is 9.10. The maximum absolute atomic E-state index is 12.1. The minimum Gasteiger partial charge on any atom is -0.338 e. The van der Waals surface area contributed by atoms with Crippen LogP contribution in [0.4, 0.5) is 0 Å². The number of sulfonamides is 1. The molecular formula is C15H12BrN3O3S. The molecule has 1 heterocycles. The number of rotatable bonds is 5. The molecule has 3 aromatic rings. The van der Waals surface area contributed by atoms with Crippen LogP contribution in [-0.4, -0.2) is 18.6 Å². The minimum atomic E-state index is -3.61. The van der Waals surface area contributed by atoms with Crippen molar-refractivity contribution >= 4 is 26.0 Å². The van der Waals surface area contributed by atoms with Crippen molar-refractivity contribution in [1.29, 1.82) is 0 Å². The highest BCUT2D eigenvalue weighted by Crippen LogP contribution is 2.20. The van der Waals surface area contributed by atoms with Crippen molar-refractivity contribution in [3.63, 3.8) is 0 Å². The van der Waals surface area contributed by atoms with E-state index >= 15 is 0 Å². The molecule has 0 spiro atoms. The average molecular weight is 394 g/mol. The standard InChI is InChI=1S/C15H12BrN3O3S/c16-12-6-4-5-11(9-12)15-18-14(22-19-15)10-17-23(20,21)13-7-2-1-3-8-13/h1-9,17H,10H2. The summed E-state index contributed by atoms with van der Waals surface area (Å²) in [7, 11) is -3.61. The van der Waals surface area contributed by atoms with Crippen LogP contribution in [0.15, 0.2) is 68.5 Å². The Morgan fingerprint density at radius 3 is 2.61 bits per heavy atom. The molecule has 23 heavy (non-hydrogen) atoms. The molecule has 0 radical (unpaired) electrons. The zero-order chi connectivity index (χ0) is 16.3. The van der Waals surface area contributed by atoms with E-state index < -0.39 is 10.0 Å². The fourth-order valence-electron chi connectivity index (χ4n) is 1.91. The van der Waals surface area contributed by atoms with Crippen molar-refractivity contribution in [2.75, 3.05) is 0 Å². The van der Waals surface area contributed by atoms with Gasteiger partial charge in [0.25, 0.3) is 0 Å². The summed E-state index contributed by atoms with van der Waals surface area (Å²) in [6.07, 6.45) is 0. The molecule has 0 fully saturated rings. The van der Waals surface area contributed by atoms with Crippen molar-refractivity contribution in [2.24, 2.45) is 0 Å². The molecule has 0 saturated heterocycles. The first-order chi connectivity index (χ1) is 11.0. The SMILES string of the molecule is O=S(=O)(NCc1nc(-c2cccc(Br)c2)no1)c1ccccc1. The molecule has 0 atom stereocenters. The molecule has 118 valence electrons. The van der Waals surface area contributed by atoms with E-state index in [1.807, 2.05) is 24.3 Å². The number of halogens is 1. The lowest BCUT2D eigenvalue weighted by atomic mass is 10.2. The third-order valence-electron chi connectivity index (χ3n) is 3.02. The van der Waals surface area contributed by atoms with Gasteiger partial charge in [0.2, 0.25) is 21.7 Å². The maximum Gasteiger partial charge on any atom is 0.242 e. The predicted molar refractivity (Wildman–Crippen MR) is 87.9 cm³/mol. The average Bonchev–Trinajstić information content (AvgIpc) is 3.03. The Morgan fingerprint density at radius 2 is 1.87 bits per heavy atom. The second-order valence-corrected chi connectivity index (χ2v) is 7.34. The Kier molecular flexibility index (Phi) is 4.56. The molecule has 0 bridgehead atoms. The van der Waals surface area contributed by atoms with E-state index in [2.05, 4.69) is 30.8 Å². The maximum atomic E-state index is 12.1. The fraction of sp³-hybridized carbons (Fsp3) is 0.0667. The first kappa shape index (κ1) is 15.9.